The van der Waals surface area contributed by atoms with Crippen LogP contribution in [-0.2, 0) is 4.79 Å². The molecule has 0 radical (unpaired) electrons. The number of benzene rings is 3. The van der Waals surface area contributed by atoms with Crippen LogP contribution in [0.3, 0.4) is 0 Å². The highest BCUT2D eigenvalue weighted by Crippen LogP contribution is 2.48. The van der Waals surface area contributed by atoms with Gasteiger partial charge < -0.3 is 9.80 Å². The molecule has 0 bridgehead atoms. The van der Waals surface area contributed by atoms with Crippen molar-refractivity contribution >= 4 is 5.91 Å². The van der Waals surface area contributed by atoms with Crippen molar-refractivity contribution in [2.24, 2.45) is 5.92 Å². The van der Waals surface area contributed by atoms with Gasteiger partial charge in [0.25, 0.3) is 0 Å². The molecule has 2 fully saturated rings. The van der Waals surface area contributed by atoms with E-state index in [1.54, 1.807) is 4.90 Å². The molecule has 0 aromatic heterocycles. The van der Waals surface area contributed by atoms with Gasteiger partial charge in [0, 0.05) is 17.0 Å². The highest BCUT2D eigenvalue weighted by molar-refractivity contribution is 5.83. The van der Waals surface area contributed by atoms with Crippen LogP contribution in [0.1, 0.15) is 35.1 Å². The first kappa shape index (κ1) is 19.1. The number of nitrogens with zero attached hydrogens (tertiary/aromatic N) is 1. The molecular weight excluding hydrogens is 368 g/mol. The summed E-state index contributed by atoms with van der Waals surface area (Å²) < 4.78 is 0. The van der Waals surface area contributed by atoms with E-state index in [1.165, 1.54) is 16.7 Å². The fourth-order valence-corrected chi connectivity index (χ4v) is 5.03. The van der Waals surface area contributed by atoms with Crippen LogP contribution in [0.25, 0.3) is 0 Å². The molecule has 152 valence electrons. The second-order valence-corrected chi connectivity index (χ2v) is 8.60. The molecule has 5 rings (SSSR count). The minimum absolute atomic E-state index is 0.188. The minimum Gasteiger partial charge on any atom is -0.331 e. The molecule has 1 aliphatic heterocycles. The molecule has 3 heteroatoms. The zero-order valence-electron chi connectivity index (χ0n) is 17.3. The predicted octanol–water partition coefficient (Wildman–Crippen LogP) is 3.31. The van der Waals surface area contributed by atoms with Gasteiger partial charge >= 0.3 is 0 Å². The molecule has 0 spiro atoms. The monoisotopic (exact) mass is 397 g/mol. The zero-order valence-corrected chi connectivity index (χ0v) is 17.3. The second kappa shape index (κ2) is 8.45. The van der Waals surface area contributed by atoms with Gasteiger partial charge in [-0.1, -0.05) is 91.0 Å². The number of nitrogens with one attached hydrogen (secondary N) is 1. The number of hydrogen-bond acceptors (Lipinski definition) is 1. The summed E-state index contributed by atoms with van der Waals surface area (Å²) in [6.07, 6.45) is 1.01. The van der Waals surface area contributed by atoms with Crippen LogP contribution in [0.2, 0.25) is 0 Å². The Bertz CT molecular complexity index is 926. The Balaban J connectivity index is 1.26. The van der Waals surface area contributed by atoms with Crippen LogP contribution in [-0.4, -0.2) is 37.0 Å². The van der Waals surface area contributed by atoms with E-state index in [-0.39, 0.29) is 5.92 Å². The topological polar surface area (TPSA) is 24.8 Å². The van der Waals surface area contributed by atoms with E-state index in [0.29, 0.717) is 17.9 Å². The quantitative estimate of drug-likeness (QED) is 0.702. The SMILES string of the molecule is O=C([C@H]1C[C@H]1c1ccccc1)N1CC[NH+](C(c2ccccc2)c2ccccc2)CC1. The van der Waals surface area contributed by atoms with Crippen molar-refractivity contribution in [1.82, 2.24) is 4.90 Å². The molecule has 0 unspecified atom stereocenters. The fourth-order valence-electron chi connectivity index (χ4n) is 5.03. The van der Waals surface area contributed by atoms with Gasteiger partial charge in [-0.25, -0.2) is 0 Å². The Hall–Kier alpha value is -2.91. The summed E-state index contributed by atoms with van der Waals surface area (Å²) in [5.41, 5.74) is 4.02. The Morgan fingerprint density at radius 1 is 0.767 bits per heavy atom. The molecule has 3 aromatic carbocycles. The lowest BCUT2D eigenvalue weighted by atomic mass is 9.96. The Kier molecular flexibility index (Phi) is 5.37. The molecule has 3 aromatic rings. The molecular formula is C27H29N2O+. The maximum absolute atomic E-state index is 13.1. The summed E-state index contributed by atoms with van der Waals surface area (Å²) >= 11 is 0. The number of amides is 1. The van der Waals surface area contributed by atoms with Crippen LogP contribution in [0.4, 0.5) is 0 Å². The van der Waals surface area contributed by atoms with Crippen LogP contribution >= 0.6 is 0 Å². The normalized spacial score (nSPS) is 21.6. The first-order valence-electron chi connectivity index (χ1n) is 11.1. The van der Waals surface area contributed by atoms with Gasteiger partial charge in [0.15, 0.2) is 0 Å². The Morgan fingerprint density at radius 2 is 1.27 bits per heavy atom. The van der Waals surface area contributed by atoms with E-state index < -0.39 is 0 Å². The average Bonchev–Trinajstić information content (AvgIpc) is 3.62. The molecule has 1 amide bonds. The number of carbonyl (C=O) groups excluding carboxylic acids is 1. The van der Waals surface area contributed by atoms with Gasteiger partial charge in [-0.3, -0.25) is 4.79 Å². The molecule has 30 heavy (non-hydrogen) atoms. The van der Waals surface area contributed by atoms with Gasteiger partial charge in [-0.15, -0.1) is 0 Å². The van der Waals surface area contributed by atoms with E-state index in [9.17, 15) is 4.79 Å². The largest absolute Gasteiger partial charge is 0.331 e. The number of rotatable bonds is 5. The van der Waals surface area contributed by atoms with Gasteiger partial charge in [0.2, 0.25) is 5.91 Å². The van der Waals surface area contributed by atoms with Gasteiger partial charge in [-0.05, 0) is 17.9 Å². The number of carbonyl (C=O) groups is 1. The van der Waals surface area contributed by atoms with Crippen molar-refractivity contribution in [2.75, 3.05) is 26.2 Å². The Labute approximate surface area is 178 Å². The lowest BCUT2D eigenvalue weighted by Gasteiger charge is -2.37. The third-order valence-electron chi connectivity index (χ3n) is 6.73. The summed E-state index contributed by atoms with van der Waals surface area (Å²) in [5.74, 6) is 0.970. The van der Waals surface area contributed by atoms with E-state index in [4.69, 9.17) is 0 Å². The summed E-state index contributed by atoms with van der Waals surface area (Å²) in [5, 5.41) is 0. The van der Waals surface area contributed by atoms with Crippen LogP contribution in [0, 0.1) is 5.92 Å². The lowest BCUT2D eigenvalue weighted by molar-refractivity contribution is -0.929. The zero-order chi connectivity index (χ0) is 20.3. The highest BCUT2D eigenvalue weighted by Gasteiger charge is 2.46. The number of quaternary nitrogens is 1. The molecule has 3 nitrogen and oxygen atoms in total. The van der Waals surface area contributed by atoms with E-state index in [1.807, 2.05) is 6.07 Å². The predicted molar refractivity (Wildman–Crippen MR) is 119 cm³/mol. The standard InChI is InChI=1S/C27H28N2O/c30-27(25-20-24(25)21-10-4-1-5-11-21)29-18-16-28(17-19-29)26(22-12-6-2-7-13-22)23-14-8-3-9-15-23/h1-15,24-26H,16-20H2/p+1/t24-,25-/m0/s1. The van der Waals surface area contributed by atoms with Crippen molar-refractivity contribution in [2.45, 2.75) is 18.4 Å². The van der Waals surface area contributed by atoms with E-state index >= 15 is 0 Å². The summed E-state index contributed by atoms with van der Waals surface area (Å²) in [4.78, 5) is 16.7. The highest BCUT2D eigenvalue weighted by atomic mass is 16.2. The molecule has 2 aliphatic rings. The first-order chi connectivity index (χ1) is 14.8. The first-order valence-corrected chi connectivity index (χ1v) is 11.1. The van der Waals surface area contributed by atoms with Gasteiger partial charge in [-0.2, -0.15) is 0 Å². The van der Waals surface area contributed by atoms with Crippen molar-refractivity contribution in [1.29, 1.82) is 0 Å². The Morgan fingerprint density at radius 3 is 1.80 bits per heavy atom. The van der Waals surface area contributed by atoms with Crippen LogP contribution in [0.5, 0.6) is 0 Å². The van der Waals surface area contributed by atoms with Crippen LogP contribution in [0.15, 0.2) is 91.0 Å². The molecule has 1 saturated heterocycles. The minimum atomic E-state index is 0.188. The number of hydrogen-bond donors (Lipinski definition) is 1. The fraction of sp³-hybridized carbons (Fsp3) is 0.296. The summed E-state index contributed by atoms with van der Waals surface area (Å²) in [7, 11) is 0. The molecule has 1 saturated carbocycles. The van der Waals surface area contributed by atoms with E-state index in [0.717, 1.165) is 32.6 Å². The second-order valence-electron chi connectivity index (χ2n) is 8.60. The van der Waals surface area contributed by atoms with Crippen molar-refractivity contribution < 1.29 is 9.69 Å². The third kappa shape index (κ3) is 3.90. The maximum atomic E-state index is 13.1. The molecule has 2 atom stereocenters. The summed E-state index contributed by atoms with van der Waals surface area (Å²) in [6.45, 7) is 3.68. The molecule has 1 aliphatic carbocycles. The van der Waals surface area contributed by atoms with Gasteiger partial charge in [0.05, 0.1) is 26.2 Å². The van der Waals surface area contributed by atoms with Crippen molar-refractivity contribution in [3.63, 3.8) is 0 Å². The van der Waals surface area contributed by atoms with Gasteiger partial charge in [0.1, 0.15) is 6.04 Å². The molecule has 1 heterocycles. The third-order valence-corrected chi connectivity index (χ3v) is 6.73. The molecule has 1 N–H and O–H groups in total. The maximum Gasteiger partial charge on any atom is 0.226 e. The lowest BCUT2D eigenvalue weighted by Crippen LogP contribution is -3.15. The smallest absolute Gasteiger partial charge is 0.226 e. The number of piperazine rings is 1. The summed E-state index contributed by atoms with van der Waals surface area (Å²) in [6, 6.07) is 32.4. The van der Waals surface area contributed by atoms with Crippen molar-refractivity contribution in [3.8, 4) is 0 Å². The van der Waals surface area contributed by atoms with Crippen molar-refractivity contribution in [3.05, 3.63) is 108 Å². The average molecular weight is 398 g/mol. The van der Waals surface area contributed by atoms with E-state index in [2.05, 4.69) is 89.8 Å². The van der Waals surface area contributed by atoms with Crippen LogP contribution < -0.4 is 4.90 Å².